The molecule has 4 heteroatoms. The van der Waals surface area contributed by atoms with E-state index in [4.69, 9.17) is 18.9 Å². The van der Waals surface area contributed by atoms with Gasteiger partial charge >= 0.3 is 0 Å². The fourth-order valence-corrected chi connectivity index (χ4v) is 2.19. The summed E-state index contributed by atoms with van der Waals surface area (Å²) in [6.45, 7) is 9.81. The zero-order valence-electron chi connectivity index (χ0n) is 12.5. The normalized spacial score (nSPS) is 27.3. The predicted octanol–water partition coefficient (Wildman–Crippen LogP) is 2.54. The maximum atomic E-state index is 5.93. The van der Waals surface area contributed by atoms with Crippen LogP contribution >= 0.6 is 0 Å². The zero-order chi connectivity index (χ0) is 13.7. The van der Waals surface area contributed by atoms with Crippen molar-refractivity contribution in [1.29, 1.82) is 0 Å². The van der Waals surface area contributed by atoms with E-state index in [0.717, 1.165) is 52.1 Å². The minimum atomic E-state index is -0.0490. The highest BCUT2D eigenvalue weighted by Gasteiger charge is 2.31. The van der Waals surface area contributed by atoms with E-state index in [-0.39, 0.29) is 5.60 Å². The standard InChI is InChI=1S/C15H28O4/c1-12(16-10-14-11-18-14)6-4-5-7-19-15(2,3)8-13-9-17-13/h12-14H,4-11H2,1-3H3. The average Bonchev–Trinajstić information content (AvgIpc) is 3.20. The second-order valence-electron chi connectivity index (χ2n) is 6.36. The van der Waals surface area contributed by atoms with Gasteiger partial charge in [-0.3, -0.25) is 0 Å². The lowest BCUT2D eigenvalue weighted by molar-refractivity contribution is -0.0307. The van der Waals surface area contributed by atoms with Crippen LogP contribution in [0.5, 0.6) is 0 Å². The molecule has 2 aliphatic heterocycles. The third kappa shape index (κ3) is 7.25. The Hall–Kier alpha value is -0.160. The van der Waals surface area contributed by atoms with Crippen LogP contribution in [0.4, 0.5) is 0 Å². The molecule has 0 amide bonds. The molecule has 2 aliphatic rings. The Balaban J connectivity index is 1.41. The second kappa shape index (κ2) is 7.02. The maximum Gasteiger partial charge on any atom is 0.104 e. The highest BCUT2D eigenvalue weighted by atomic mass is 16.6. The third-order valence-corrected chi connectivity index (χ3v) is 3.59. The summed E-state index contributed by atoms with van der Waals surface area (Å²) in [4.78, 5) is 0. The number of hydrogen-bond donors (Lipinski definition) is 0. The highest BCUT2D eigenvalue weighted by Crippen LogP contribution is 2.25. The van der Waals surface area contributed by atoms with E-state index in [0.29, 0.717) is 18.3 Å². The molecule has 0 spiro atoms. The quantitative estimate of drug-likeness (QED) is 0.428. The predicted molar refractivity (Wildman–Crippen MR) is 73.4 cm³/mol. The first-order valence-electron chi connectivity index (χ1n) is 7.54. The van der Waals surface area contributed by atoms with E-state index in [1.54, 1.807) is 0 Å². The minimum Gasteiger partial charge on any atom is -0.376 e. The number of epoxide rings is 2. The van der Waals surface area contributed by atoms with Crippen LogP contribution in [0, 0.1) is 0 Å². The molecule has 0 saturated carbocycles. The molecule has 3 unspecified atom stereocenters. The summed E-state index contributed by atoms with van der Waals surface area (Å²) < 4.78 is 22.0. The zero-order valence-corrected chi connectivity index (χ0v) is 12.5. The second-order valence-corrected chi connectivity index (χ2v) is 6.36. The largest absolute Gasteiger partial charge is 0.376 e. The molecule has 0 aliphatic carbocycles. The summed E-state index contributed by atoms with van der Waals surface area (Å²) in [5, 5.41) is 0. The molecule has 19 heavy (non-hydrogen) atoms. The highest BCUT2D eigenvalue weighted by molar-refractivity contribution is 4.80. The van der Waals surface area contributed by atoms with Crippen LogP contribution in [0.15, 0.2) is 0 Å². The van der Waals surface area contributed by atoms with Crippen LogP contribution in [0.3, 0.4) is 0 Å². The van der Waals surface area contributed by atoms with Crippen molar-refractivity contribution < 1.29 is 18.9 Å². The van der Waals surface area contributed by atoms with Crippen molar-refractivity contribution in [3.8, 4) is 0 Å². The summed E-state index contributed by atoms with van der Waals surface area (Å²) in [5.74, 6) is 0. The molecule has 2 rings (SSSR count). The SMILES string of the molecule is CC(CCCCOC(C)(C)CC1CO1)OCC1CO1. The Morgan fingerprint density at radius 2 is 1.84 bits per heavy atom. The summed E-state index contributed by atoms with van der Waals surface area (Å²) in [7, 11) is 0. The van der Waals surface area contributed by atoms with Gasteiger partial charge in [-0.05, 0) is 40.0 Å². The van der Waals surface area contributed by atoms with Crippen molar-refractivity contribution in [2.24, 2.45) is 0 Å². The molecule has 0 aromatic heterocycles. The Labute approximate surface area is 116 Å². The Morgan fingerprint density at radius 3 is 2.47 bits per heavy atom. The minimum absolute atomic E-state index is 0.0490. The molecule has 2 fully saturated rings. The smallest absolute Gasteiger partial charge is 0.104 e. The summed E-state index contributed by atoms with van der Waals surface area (Å²) >= 11 is 0. The van der Waals surface area contributed by atoms with E-state index in [1.807, 2.05) is 0 Å². The van der Waals surface area contributed by atoms with Gasteiger partial charge in [-0.2, -0.15) is 0 Å². The lowest BCUT2D eigenvalue weighted by Crippen LogP contribution is -2.27. The molecule has 0 N–H and O–H groups in total. The number of unbranched alkanes of at least 4 members (excludes halogenated alkanes) is 1. The van der Waals surface area contributed by atoms with Gasteiger partial charge in [-0.15, -0.1) is 0 Å². The first-order valence-corrected chi connectivity index (χ1v) is 7.54. The lowest BCUT2D eigenvalue weighted by Gasteiger charge is -2.24. The van der Waals surface area contributed by atoms with Gasteiger partial charge in [0.05, 0.1) is 37.6 Å². The molecule has 112 valence electrons. The van der Waals surface area contributed by atoms with Gasteiger partial charge in [0.25, 0.3) is 0 Å². The van der Waals surface area contributed by atoms with Crippen LogP contribution < -0.4 is 0 Å². The molecule has 3 atom stereocenters. The van der Waals surface area contributed by atoms with Crippen molar-refractivity contribution in [3.05, 3.63) is 0 Å². The van der Waals surface area contributed by atoms with Gasteiger partial charge in [0.1, 0.15) is 6.10 Å². The van der Waals surface area contributed by atoms with Gasteiger partial charge in [-0.25, -0.2) is 0 Å². The van der Waals surface area contributed by atoms with Gasteiger partial charge in [0.15, 0.2) is 0 Å². The van der Waals surface area contributed by atoms with Gasteiger partial charge in [0, 0.05) is 13.0 Å². The monoisotopic (exact) mass is 272 g/mol. The topological polar surface area (TPSA) is 43.5 Å². The number of hydrogen-bond acceptors (Lipinski definition) is 4. The van der Waals surface area contributed by atoms with Gasteiger partial charge < -0.3 is 18.9 Å². The average molecular weight is 272 g/mol. The first-order chi connectivity index (χ1) is 9.05. The van der Waals surface area contributed by atoms with Crippen LogP contribution in [0.1, 0.15) is 46.5 Å². The molecular formula is C15H28O4. The van der Waals surface area contributed by atoms with E-state index in [2.05, 4.69) is 20.8 Å². The van der Waals surface area contributed by atoms with Gasteiger partial charge in [-0.1, -0.05) is 0 Å². The first kappa shape index (κ1) is 15.2. The van der Waals surface area contributed by atoms with Crippen LogP contribution in [0.25, 0.3) is 0 Å². The van der Waals surface area contributed by atoms with Crippen LogP contribution in [-0.4, -0.2) is 50.3 Å². The van der Waals surface area contributed by atoms with Crippen molar-refractivity contribution in [3.63, 3.8) is 0 Å². The van der Waals surface area contributed by atoms with Gasteiger partial charge in [0.2, 0.25) is 0 Å². The Bertz CT molecular complexity index is 259. The van der Waals surface area contributed by atoms with Crippen LogP contribution in [0.2, 0.25) is 0 Å². The molecule has 0 aromatic rings. The number of ether oxygens (including phenoxy) is 4. The van der Waals surface area contributed by atoms with E-state index >= 15 is 0 Å². The fourth-order valence-electron chi connectivity index (χ4n) is 2.19. The van der Waals surface area contributed by atoms with E-state index in [9.17, 15) is 0 Å². The summed E-state index contributed by atoms with van der Waals surface area (Å²) in [6.07, 6.45) is 5.50. The number of rotatable bonds is 11. The summed E-state index contributed by atoms with van der Waals surface area (Å²) in [6, 6.07) is 0. The summed E-state index contributed by atoms with van der Waals surface area (Å²) in [5.41, 5.74) is -0.0490. The van der Waals surface area contributed by atoms with Crippen molar-refractivity contribution in [2.75, 3.05) is 26.4 Å². The molecule has 2 saturated heterocycles. The third-order valence-electron chi connectivity index (χ3n) is 3.59. The molecule has 0 aromatic carbocycles. The molecule has 0 bridgehead atoms. The Kier molecular flexibility index (Phi) is 5.63. The van der Waals surface area contributed by atoms with Crippen molar-refractivity contribution in [2.45, 2.75) is 70.4 Å². The van der Waals surface area contributed by atoms with Crippen molar-refractivity contribution >= 4 is 0 Å². The van der Waals surface area contributed by atoms with E-state index in [1.165, 1.54) is 0 Å². The fraction of sp³-hybridized carbons (Fsp3) is 1.00. The molecular weight excluding hydrogens is 244 g/mol. The maximum absolute atomic E-state index is 5.93. The van der Waals surface area contributed by atoms with Crippen molar-refractivity contribution in [1.82, 2.24) is 0 Å². The molecule has 0 radical (unpaired) electrons. The molecule has 2 heterocycles. The van der Waals surface area contributed by atoms with Crippen LogP contribution in [-0.2, 0) is 18.9 Å². The Morgan fingerprint density at radius 1 is 1.16 bits per heavy atom. The molecule has 4 nitrogen and oxygen atoms in total. The lowest BCUT2D eigenvalue weighted by atomic mass is 10.0. The van der Waals surface area contributed by atoms with E-state index < -0.39 is 0 Å².